The van der Waals surface area contributed by atoms with Crippen LogP contribution in [0, 0.1) is 6.92 Å². The molecule has 0 fully saturated rings. The number of rotatable bonds is 6. The van der Waals surface area contributed by atoms with Gasteiger partial charge in [-0.25, -0.2) is 18.4 Å². The van der Waals surface area contributed by atoms with Crippen LogP contribution in [0.15, 0.2) is 77.7 Å². The maximum Gasteiger partial charge on any atom is 0.322 e. The highest BCUT2D eigenvalue weighted by molar-refractivity contribution is 7.89. The fourth-order valence-corrected chi connectivity index (χ4v) is 3.50. The minimum absolute atomic E-state index is 0.0296. The van der Waals surface area contributed by atoms with E-state index in [1.54, 1.807) is 41.3 Å². The number of hydrogen-bond donors (Lipinski definition) is 2. The van der Waals surface area contributed by atoms with Gasteiger partial charge in [0, 0.05) is 23.8 Å². The summed E-state index contributed by atoms with van der Waals surface area (Å²) in [5.74, 6) is 0. The van der Waals surface area contributed by atoms with Crippen molar-refractivity contribution in [1.82, 2.24) is 4.90 Å². The first kappa shape index (κ1) is 21.8. The lowest BCUT2D eigenvalue weighted by atomic mass is 10.1. The highest BCUT2D eigenvalue weighted by Crippen LogP contribution is 2.17. The lowest BCUT2D eigenvalue weighted by Crippen LogP contribution is -2.34. The Labute approximate surface area is 181 Å². The third-order valence-electron chi connectivity index (χ3n) is 4.50. The molecule has 0 radical (unpaired) electrons. The Kier molecular flexibility index (Phi) is 6.77. The molecule has 0 bridgehead atoms. The van der Waals surface area contributed by atoms with E-state index < -0.39 is 10.0 Å². The summed E-state index contributed by atoms with van der Waals surface area (Å²) >= 11 is 5.91. The zero-order valence-corrected chi connectivity index (χ0v) is 18.0. The summed E-state index contributed by atoms with van der Waals surface area (Å²) in [7, 11) is -3.76. The molecule has 0 spiro atoms. The van der Waals surface area contributed by atoms with Crippen LogP contribution in [-0.4, -0.2) is 19.3 Å². The zero-order valence-electron chi connectivity index (χ0n) is 16.4. The number of urea groups is 1. The van der Waals surface area contributed by atoms with Gasteiger partial charge < -0.3 is 10.2 Å². The van der Waals surface area contributed by atoms with Crippen molar-refractivity contribution in [3.63, 3.8) is 0 Å². The summed E-state index contributed by atoms with van der Waals surface area (Å²) in [5, 5.41) is 8.61. The molecular weight excluding hydrogens is 422 g/mol. The molecule has 30 heavy (non-hydrogen) atoms. The van der Waals surface area contributed by atoms with Crippen LogP contribution in [0.5, 0.6) is 0 Å². The van der Waals surface area contributed by atoms with E-state index in [1.165, 1.54) is 12.1 Å². The fraction of sp³-hybridized carbons (Fsp3) is 0.136. The Balaban J connectivity index is 1.81. The third-order valence-corrected chi connectivity index (χ3v) is 5.68. The normalized spacial score (nSPS) is 11.2. The highest BCUT2D eigenvalue weighted by atomic mass is 35.5. The lowest BCUT2D eigenvalue weighted by molar-refractivity contribution is 0.206. The molecule has 0 heterocycles. The number of nitrogens with two attached hydrogens (primary N) is 1. The second-order valence-electron chi connectivity index (χ2n) is 6.97. The maximum atomic E-state index is 13.0. The van der Waals surface area contributed by atoms with Gasteiger partial charge in [-0.2, -0.15) is 0 Å². The van der Waals surface area contributed by atoms with Crippen LogP contribution in [0.1, 0.15) is 16.7 Å². The molecule has 156 valence electrons. The van der Waals surface area contributed by atoms with Gasteiger partial charge in [0.25, 0.3) is 0 Å². The number of sulfonamides is 1. The summed E-state index contributed by atoms with van der Waals surface area (Å²) in [6.45, 7) is 2.68. The number of carbonyl (C=O) groups is 1. The Bertz CT molecular complexity index is 1110. The Morgan fingerprint density at radius 2 is 1.40 bits per heavy atom. The van der Waals surface area contributed by atoms with Gasteiger partial charge >= 0.3 is 6.03 Å². The number of primary sulfonamides is 1. The first-order valence-corrected chi connectivity index (χ1v) is 11.1. The number of aryl methyl sites for hydroxylation is 1. The van der Waals surface area contributed by atoms with Crippen molar-refractivity contribution in [3.05, 3.63) is 94.5 Å². The van der Waals surface area contributed by atoms with Crippen molar-refractivity contribution in [2.24, 2.45) is 5.14 Å². The standard InChI is InChI=1S/C22H22ClN3O3S/c1-16-2-4-17(5-3-16)14-26(22(27)25-20-10-8-19(23)9-11-20)15-18-6-12-21(13-7-18)30(24,28)29/h2-13H,14-15H2,1H3,(H,25,27)(H2,24,28,29). The molecule has 0 aliphatic rings. The minimum Gasteiger partial charge on any atom is -0.316 e. The summed E-state index contributed by atoms with van der Waals surface area (Å²) in [5.41, 5.74) is 3.52. The Hall–Kier alpha value is -2.87. The predicted molar refractivity (Wildman–Crippen MR) is 119 cm³/mol. The lowest BCUT2D eigenvalue weighted by Gasteiger charge is -2.24. The van der Waals surface area contributed by atoms with E-state index in [9.17, 15) is 13.2 Å². The van der Waals surface area contributed by atoms with Crippen LogP contribution >= 0.6 is 11.6 Å². The van der Waals surface area contributed by atoms with E-state index in [4.69, 9.17) is 16.7 Å². The van der Waals surface area contributed by atoms with Crippen LogP contribution in [0.4, 0.5) is 10.5 Å². The average Bonchev–Trinajstić information content (AvgIpc) is 2.70. The van der Waals surface area contributed by atoms with Crippen molar-refractivity contribution in [2.75, 3.05) is 5.32 Å². The van der Waals surface area contributed by atoms with Gasteiger partial charge in [0.05, 0.1) is 4.90 Å². The summed E-state index contributed by atoms with van der Waals surface area (Å²) < 4.78 is 22.9. The minimum atomic E-state index is -3.76. The van der Waals surface area contributed by atoms with Crippen molar-refractivity contribution >= 4 is 33.3 Å². The average molecular weight is 444 g/mol. The number of amides is 2. The quantitative estimate of drug-likeness (QED) is 0.586. The molecule has 6 nitrogen and oxygen atoms in total. The number of halogens is 1. The molecule has 0 aliphatic heterocycles. The van der Waals surface area contributed by atoms with E-state index in [-0.39, 0.29) is 17.5 Å². The van der Waals surface area contributed by atoms with Crippen LogP contribution in [0.3, 0.4) is 0 Å². The van der Waals surface area contributed by atoms with E-state index in [1.807, 2.05) is 31.2 Å². The van der Waals surface area contributed by atoms with Crippen LogP contribution in [-0.2, 0) is 23.1 Å². The van der Waals surface area contributed by atoms with Crippen molar-refractivity contribution in [1.29, 1.82) is 0 Å². The summed E-state index contributed by atoms with van der Waals surface area (Å²) in [4.78, 5) is 14.6. The molecule has 0 saturated carbocycles. The number of anilines is 1. The van der Waals surface area contributed by atoms with E-state index in [0.29, 0.717) is 17.3 Å². The van der Waals surface area contributed by atoms with Gasteiger partial charge in [0.15, 0.2) is 0 Å². The molecule has 0 aliphatic carbocycles. The zero-order chi connectivity index (χ0) is 21.7. The predicted octanol–water partition coefficient (Wildman–Crippen LogP) is 4.53. The molecule has 3 aromatic rings. The molecule has 3 rings (SSSR count). The molecule has 8 heteroatoms. The van der Waals surface area contributed by atoms with Gasteiger partial charge in [0.1, 0.15) is 0 Å². The van der Waals surface area contributed by atoms with Gasteiger partial charge in [-0.05, 0) is 54.4 Å². The topological polar surface area (TPSA) is 92.5 Å². The first-order valence-electron chi connectivity index (χ1n) is 9.19. The third kappa shape index (κ3) is 6.06. The molecule has 3 aromatic carbocycles. The first-order chi connectivity index (χ1) is 14.2. The van der Waals surface area contributed by atoms with E-state index >= 15 is 0 Å². The highest BCUT2D eigenvalue weighted by Gasteiger charge is 2.16. The molecule has 0 unspecified atom stereocenters. The smallest absolute Gasteiger partial charge is 0.316 e. The largest absolute Gasteiger partial charge is 0.322 e. The van der Waals surface area contributed by atoms with Crippen molar-refractivity contribution in [2.45, 2.75) is 24.9 Å². The fourth-order valence-electron chi connectivity index (χ4n) is 2.85. The van der Waals surface area contributed by atoms with Crippen LogP contribution in [0.25, 0.3) is 0 Å². The molecular formula is C22H22ClN3O3S. The number of nitrogens with one attached hydrogen (secondary N) is 1. The summed E-state index contributed by atoms with van der Waals surface area (Å²) in [6, 6.07) is 20.7. The van der Waals surface area contributed by atoms with Crippen molar-refractivity contribution < 1.29 is 13.2 Å². The molecule has 3 N–H and O–H groups in total. The van der Waals surface area contributed by atoms with Gasteiger partial charge in [-0.15, -0.1) is 0 Å². The monoisotopic (exact) mass is 443 g/mol. The molecule has 0 atom stereocenters. The molecule has 0 aromatic heterocycles. The SMILES string of the molecule is Cc1ccc(CN(Cc2ccc(S(N)(=O)=O)cc2)C(=O)Nc2ccc(Cl)cc2)cc1. The Morgan fingerprint density at radius 3 is 1.90 bits per heavy atom. The van der Waals surface area contributed by atoms with Gasteiger partial charge in [0.2, 0.25) is 10.0 Å². The second kappa shape index (κ2) is 9.30. The van der Waals surface area contributed by atoms with Gasteiger partial charge in [-0.1, -0.05) is 53.6 Å². The number of hydrogen-bond acceptors (Lipinski definition) is 3. The maximum absolute atomic E-state index is 13.0. The van der Waals surface area contributed by atoms with E-state index in [0.717, 1.165) is 16.7 Å². The second-order valence-corrected chi connectivity index (χ2v) is 8.97. The van der Waals surface area contributed by atoms with Crippen LogP contribution < -0.4 is 10.5 Å². The Morgan fingerprint density at radius 1 is 0.900 bits per heavy atom. The van der Waals surface area contributed by atoms with E-state index in [2.05, 4.69) is 5.32 Å². The van der Waals surface area contributed by atoms with Gasteiger partial charge in [-0.3, -0.25) is 0 Å². The van der Waals surface area contributed by atoms with Crippen molar-refractivity contribution in [3.8, 4) is 0 Å². The molecule has 0 saturated heterocycles. The van der Waals surface area contributed by atoms with Crippen LogP contribution in [0.2, 0.25) is 5.02 Å². The number of carbonyl (C=O) groups excluding carboxylic acids is 1. The summed E-state index contributed by atoms with van der Waals surface area (Å²) in [6.07, 6.45) is 0. The number of nitrogens with zero attached hydrogens (tertiary/aromatic N) is 1. The number of benzene rings is 3. The molecule has 2 amide bonds.